The molecule has 52 heteroatoms. The van der Waals surface area contributed by atoms with Crippen LogP contribution in [-0.4, -0.2) is 155 Å². The van der Waals surface area contributed by atoms with E-state index in [1.54, 1.807) is 131 Å². The van der Waals surface area contributed by atoms with Gasteiger partial charge in [0.2, 0.25) is 23.6 Å². The number of piperidine rings is 2. The fourth-order valence-corrected chi connectivity index (χ4v) is 87.2. The zero-order valence-electron chi connectivity index (χ0n) is 49.4. The first-order chi connectivity index (χ1) is 47.5. The second-order valence-electron chi connectivity index (χ2n) is 16.9. The van der Waals surface area contributed by atoms with Crippen molar-refractivity contribution in [2.45, 2.75) is 64.0 Å². The van der Waals surface area contributed by atoms with Crippen LogP contribution in [0.4, 0.5) is 0 Å². The Hall–Kier alpha value is 1.54. The molecular formula is C45H55N5O14S33. The maximum atomic E-state index is 13.0. The summed E-state index contributed by atoms with van der Waals surface area (Å²) in [5.41, 5.74) is 7.46. The highest BCUT2D eigenvalue weighted by Gasteiger charge is 2.47. The van der Waals surface area contributed by atoms with Crippen molar-refractivity contribution in [3.8, 4) is 11.8 Å². The number of fused-ring (bicyclic) bond motifs is 2. The Balaban J connectivity index is 0.000000309. The molecule has 0 radical (unpaired) electrons. The molecule has 4 aliphatic rings. The number of amides is 8. The lowest BCUT2D eigenvalue weighted by Gasteiger charge is -2.27. The lowest BCUT2D eigenvalue weighted by Crippen LogP contribution is -2.54. The van der Waals surface area contributed by atoms with Gasteiger partial charge in [0.1, 0.15) is 18.7 Å². The van der Waals surface area contributed by atoms with Gasteiger partial charge in [-0.05, 0) is 55.9 Å². The van der Waals surface area contributed by atoms with Crippen LogP contribution in [0.3, 0.4) is 0 Å². The summed E-state index contributed by atoms with van der Waals surface area (Å²) in [7, 11) is 54.6. The maximum Gasteiger partial charge on any atom is 0.263 e. The van der Waals surface area contributed by atoms with Crippen LogP contribution in [0.5, 0.6) is 0 Å². The lowest BCUT2D eigenvalue weighted by molar-refractivity contribution is -0.137. The van der Waals surface area contributed by atoms with E-state index in [1.165, 1.54) is 23.8 Å². The van der Waals surface area contributed by atoms with Crippen molar-refractivity contribution in [1.82, 2.24) is 20.4 Å². The highest BCUT2D eigenvalue weighted by atomic mass is 33.5. The first-order valence-electron chi connectivity index (χ1n) is 26.8. The SMILES string of the molecule is CCCOCCOCCOCC#Cc1cccc2c1C(=O)N(C1CCC(=O)NC1=O)C2=O.NCCOCCOCCOCCCc1cccc2c1C(=O)N(C1CCC(=O)NC1=O)C2=O.S=S=S=S=S=S=S=S=S=S=S=S=S=S=S=S=S=S=S=S=S=S=S=S=S=S=S=S=S=S=S=S=S. The summed E-state index contributed by atoms with van der Waals surface area (Å²) in [4.78, 5) is 101. The fraction of sp³-hybridized carbons (Fsp3) is 0.511. The Kier molecular flexibility index (Phi) is 56.8. The van der Waals surface area contributed by atoms with Crippen molar-refractivity contribution in [1.29, 1.82) is 0 Å². The molecule has 97 heavy (non-hydrogen) atoms. The summed E-state index contributed by atoms with van der Waals surface area (Å²) in [5, 5.41) is 4.38. The Bertz CT molecular complexity index is 4670. The summed E-state index contributed by atoms with van der Waals surface area (Å²) in [6, 6.07) is 7.98. The van der Waals surface area contributed by atoms with Crippen molar-refractivity contribution in [3.05, 3.63) is 69.8 Å². The number of ether oxygens (including phenoxy) is 6. The predicted octanol–water partition coefficient (Wildman–Crippen LogP) is 0.849. The third-order valence-corrected chi connectivity index (χ3v) is 77.8. The molecule has 2 saturated heterocycles. The molecular weight excluding hydrogens is 1890 g/mol. The van der Waals surface area contributed by atoms with Gasteiger partial charge in [-0.15, -0.1) is 0 Å². The minimum absolute atomic E-state index is 0.0727. The van der Waals surface area contributed by atoms with E-state index in [0.717, 1.165) is 28.4 Å². The van der Waals surface area contributed by atoms with Crippen LogP contribution in [0, 0.1) is 11.8 Å². The first kappa shape index (κ1) is 90.9. The van der Waals surface area contributed by atoms with Gasteiger partial charge in [-0.1, -0.05) is 37.0 Å². The van der Waals surface area contributed by atoms with Gasteiger partial charge in [0.15, 0.2) is 0 Å². The summed E-state index contributed by atoms with van der Waals surface area (Å²) >= 11 is 9.59. The van der Waals surface area contributed by atoms with Gasteiger partial charge in [0.05, 0.1) is 81.7 Å². The Morgan fingerprint density at radius 1 is 0.443 bits per heavy atom. The Morgan fingerprint density at radius 3 is 1.19 bits per heavy atom. The summed E-state index contributed by atoms with van der Waals surface area (Å²) in [5.74, 6) is 1.53. The zero-order chi connectivity index (χ0) is 69.8. The fourth-order valence-electron chi connectivity index (χ4n) is 7.57. The van der Waals surface area contributed by atoms with Crippen molar-refractivity contribution >= 4 is 345 Å². The van der Waals surface area contributed by atoms with Crippen LogP contribution in [0.25, 0.3) is 0 Å². The van der Waals surface area contributed by atoms with Crippen molar-refractivity contribution in [3.63, 3.8) is 0 Å². The average Bonchev–Trinajstić information content (AvgIpc) is 1.62. The van der Waals surface area contributed by atoms with Crippen LogP contribution in [0.1, 0.15) is 98.0 Å². The second-order valence-corrected chi connectivity index (χ2v) is 71.7. The third-order valence-electron chi connectivity index (χ3n) is 11.1. The highest BCUT2D eigenvalue weighted by Crippen LogP contribution is 2.31. The maximum absolute atomic E-state index is 13.0. The smallest absolute Gasteiger partial charge is 0.263 e. The number of aryl methyl sites for hydroxylation is 1. The molecule has 0 saturated carbocycles. The van der Waals surface area contributed by atoms with E-state index in [2.05, 4.69) is 22.5 Å². The second kappa shape index (κ2) is 60.5. The number of nitrogens with zero attached hydrogens (tertiary/aromatic N) is 2. The minimum Gasteiger partial charge on any atom is -0.379 e. The molecule has 4 heterocycles. The van der Waals surface area contributed by atoms with Gasteiger partial charge in [-0.2, -0.15) is 0 Å². The molecule has 0 aromatic heterocycles. The first-order valence-corrected chi connectivity index (χ1v) is 69.4. The van der Waals surface area contributed by atoms with Gasteiger partial charge in [0.25, 0.3) is 23.6 Å². The number of rotatable bonds is 23. The van der Waals surface area contributed by atoms with E-state index >= 15 is 0 Å². The van der Waals surface area contributed by atoms with Gasteiger partial charge in [-0.25, -0.2) is 0 Å². The van der Waals surface area contributed by atoms with Gasteiger partial charge < -0.3 is 34.2 Å². The van der Waals surface area contributed by atoms with Crippen LogP contribution in [0.2, 0.25) is 0 Å². The highest BCUT2D eigenvalue weighted by molar-refractivity contribution is 8.80. The molecule has 0 spiro atoms. The van der Waals surface area contributed by atoms with Crippen LogP contribution in [-0.2, 0) is 352 Å². The number of hydrogen-bond donors (Lipinski definition) is 3. The quantitative estimate of drug-likeness (QED) is 0.0793. The largest absolute Gasteiger partial charge is 0.379 e. The molecule has 2 aromatic carbocycles. The molecule has 6 rings (SSSR count). The van der Waals surface area contributed by atoms with E-state index in [9.17, 15) is 38.4 Å². The van der Waals surface area contributed by atoms with Crippen LogP contribution >= 0.6 is 0 Å². The average molecular weight is 1950 g/mol. The molecule has 8 amide bonds. The summed E-state index contributed by atoms with van der Waals surface area (Å²) in [6.07, 6.45) is 2.61. The summed E-state index contributed by atoms with van der Waals surface area (Å²) < 4.78 is 32.2. The van der Waals surface area contributed by atoms with E-state index in [0.29, 0.717) is 102 Å². The molecule has 2 atom stereocenters. The Morgan fingerprint density at radius 2 is 0.794 bits per heavy atom. The van der Waals surface area contributed by atoms with Crippen LogP contribution in [0.15, 0.2) is 36.4 Å². The molecule has 542 valence electrons. The topological polar surface area (TPSA) is 248 Å². The van der Waals surface area contributed by atoms with Crippen molar-refractivity contribution in [2.75, 3.05) is 85.8 Å². The van der Waals surface area contributed by atoms with E-state index in [1.807, 2.05) is 164 Å². The standard InChI is InChI=1S/C23H26N2O7.C22H29N3O7.S33/c1-2-10-30-12-14-32-15-13-31-11-4-6-16-5-3-7-17-20(16)23(29)25(22(17)28)18-8-9-19(26)24-21(18)27;23-8-10-31-12-14-32-13-11-30-9-2-4-15-3-1-5-16-19(15)22(29)25(21(16)28)17-6-7-18(26)24-20(17)27;1-3-5-7-9-11-13-15-17-19-21-23-25-27-29-31-33-32-30-28-26-24-22-20-18-16-14-12-10-8-6-4-2/h3,5,7,18H,2,8-15H2,1H3,(H,24,26,27);1,3,5,17H,2,4,6-14,23H2,(H,24,26,27);. The summed E-state index contributed by atoms with van der Waals surface area (Å²) in [6.45, 7) is 8.13. The number of nitrogens with two attached hydrogens (primary N) is 1. The van der Waals surface area contributed by atoms with Gasteiger partial charge in [-0.3, -0.25) is 58.8 Å². The van der Waals surface area contributed by atoms with E-state index < -0.39 is 59.3 Å². The number of benzene rings is 2. The molecule has 2 aromatic rings. The normalized spacial score (nSPS) is 14.5. The molecule has 2 unspecified atom stereocenters. The third kappa shape index (κ3) is 38.8. The van der Waals surface area contributed by atoms with Gasteiger partial charge in [0, 0.05) is 336 Å². The molecule has 0 bridgehead atoms. The van der Waals surface area contributed by atoms with Crippen molar-refractivity contribution in [2.24, 2.45) is 5.73 Å². The zero-order valence-corrected chi connectivity index (χ0v) is 76.4. The number of carbonyl (C=O) groups is 8. The molecule has 4 aliphatic heterocycles. The lowest BCUT2D eigenvalue weighted by atomic mass is 9.99. The predicted molar refractivity (Wildman–Crippen MR) is 469 cm³/mol. The number of hydrogen-bond acceptors (Lipinski definition) is 17. The number of imide groups is 4. The molecule has 19 nitrogen and oxygen atoms in total. The van der Waals surface area contributed by atoms with Gasteiger partial charge >= 0.3 is 0 Å². The monoisotopic (exact) mass is 1940 g/mol. The van der Waals surface area contributed by atoms with E-state index in [4.69, 9.17) is 56.5 Å². The van der Waals surface area contributed by atoms with Crippen molar-refractivity contribution < 1.29 is 66.8 Å². The van der Waals surface area contributed by atoms with E-state index in [-0.39, 0.29) is 43.4 Å². The number of nitrogens with one attached hydrogen (secondary N) is 2. The molecule has 4 N–H and O–H groups in total. The van der Waals surface area contributed by atoms with Crippen LogP contribution < -0.4 is 16.4 Å². The molecule has 0 aliphatic carbocycles. The molecule has 2 fully saturated rings. The number of carbonyl (C=O) groups excluding carboxylic acids is 8. The minimum atomic E-state index is -1.00. The Labute approximate surface area is 658 Å².